The van der Waals surface area contributed by atoms with E-state index in [0.717, 1.165) is 0 Å². The van der Waals surface area contributed by atoms with E-state index in [1.165, 1.54) is 13.8 Å². The van der Waals surface area contributed by atoms with Gasteiger partial charge in [0.2, 0.25) is 0 Å². The molecule has 1 heterocycles. The lowest BCUT2D eigenvalue weighted by atomic mass is 9.90. The molecule has 1 saturated heterocycles. The second-order valence-electron chi connectivity index (χ2n) is 9.47. The zero-order valence-electron chi connectivity index (χ0n) is 23.3. The van der Waals surface area contributed by atoms with E-state index in [1.54, 1.807) is 0 Å². The van der Waals surface area contributed by atoms with Gasteiger partial charge in [-0.25, -0.2) is 19.2 Å². The molecule has 228 valence electrons. The molecule has 4 amide bonds. The van der Waals surface area contributed by atoms with Crippen LogP contribution in [-0.2, 0) is 42.9 Å². The first-order valence-electron chi connectivity index (χ1n) is 13.2. The van der Waals surface area contributed by atoms with Crippen molar-refractivity contribution in [3.05, 3.63) is 24.3 Å². The van der Waals surface area contributed by atoms with Crippen LogP contribution in [0.4, 0.5) is 9.59 Å². The van der Waals surface area contributed by atoms with Crippen LogP contribution in [0.25, 0.3) is 0 Å². The van der Waals surface area contributed by atoms with E-state index in [0.29, 0.717) is 12.8 Å². The fraction of sp³-hybridized carbons (Fsp3) is 0.615. The van der Waals surface area contributed by atoms with Gasteiger partial charge in [-0.3, -0.25) is 9.59 Å². The molecule has 0 radical (unpaired) electrons. The lowest BCUT2D eigenvalue weighted by Gasteiger charge is -2.30. The van der Waals surface area contributed by atoms with Crippen LogP contribution in [0.15, 0.2) is 24.3 Å². The highest BCUT2D eigenvalue weighted by Crippen LogP contribution is 2.36. The van der Waals surface area contributed by atoms with E-state index < -0.39 is 48.0 Å². The Kier molecular flexibility index (Phi) is 13.6. The number of epoxide rings is 1. The Morgan fingerprint density at radius 1 is 0.659 bits per heavy atom. The summed E-state index contributed by atoms with van der Waals surface area (Å²) in [5.74, 6) is -2.30. The second kappa shape index (κ2) is 16.8. The molecule has 0 aromatic rings. The summed E-state index contributed by atoms with van der Waals surface area (Å²) in [5, 5.41) is 10.7. The summed E-state index contributed by atoms with van der Waals surface area (Å²) < 4.78 is 25.0. The quantitative estimate of drug-likeness (QED) is 0.0627. The SMILES string of the molecule is C=C(C)C(=O)OCCOC(=O)CCNC(=O)NC1CC2OC2CC1NC(=O)NCCC(=O)OCCOC(=O)C(=C)C. The van der Waals surface area contributed by atoms with Crippen molar-refractivity contribution in [3.63, 3.8) is 0 Å². The summed E-state index contributed by atoms with van der Waals surface area (Å²) in [6, 6.07) is -1.90. The Morgan fingerprint density at radius 3 is 1.39 bits per heavy atom. The van der Waals surface area contributed by atoms with Crippen molar-refractivity contribution in [3.8, 4) is 0 Å². The maximum Gasteiger partial charge on any atom is 0.333 e. The lowest BCUT2D eigenvalue weighted by Crippen LogP contribution is -2.58. The molecule has 1 aliphatic carbocycles. The van der Waals surface area contributed by atoms with E-state index in [-0.39, 0.29) is 75.7 Å². The third-order valence-electron chi connectivity index (χ3n) is 5.86. The molecule has 0 spiro atoms. The van der Waals surface area contributed by atoms with Gasteiger partial charge in [-0.2, -0.15) is 0 Å². The molecule has 1 aliphatic heterocycles. The first kappa shape index (κ1) is 33.1. The maximum absolute atomic E-state index is 12.4. The van der Waals surface area contributed by atoms with E-state index in [2.05, 4.69) is 34.4 Å². The molecule has 4 N–H and O–H groups in total. The zero-order valence-corrected chi connectivity index (χ0v) is 23.3. The van der Waals surface area contributed by atoms with Gasteiger partial charge >= 0.3 is 35.9 Å². The highest BCUT2D eigenvalue weighted by atomic mass is 16.6. The van der Waals surface area contributed by atoms with Gasteiger partial charge in [0.15, 0.2) is 0 Å². The molecule has 4 atom stereocenters. The average Bonchev–Trinajstić information content (AvgIpc) is 3.66. The Balaban J connectivity index is 1.62. The summed E-state index contributed by atoms with van der Waals surface area (Å²) in [6.07, 6.45) is 0.811. The van der Waals surface area contributed by atoms with Gasteiger partial charge in [0.1, 0.15) is 26.4 Å². The smallest absolute Gasteiger partial charge is 0.333 e. The maximum atomic E-state index is 12.4. The third kappa shape index (κ3) is 13.2. The minimum atomic E-state index is -0.576. The number of rotatable bonds is 16. The van der Waals surface area contributed by atoms with E-state index in [9.17, 15) is 28.8 Å². The van der Waals surface area contributed by atoms with Crippen molar-refractivity contribution in [2.75, 3.05) is 39.5 Å². The van der Waals surface area contributed by atoms with E-state index in [1.807, 2.05) is 0 Å². The number of carbonyl (C=O) groups excluding carboxylic acids is 6. The summed E-state index contributed by atoms with van der Waals surface area (Å²) in [7, 11) is 0. The lowest BCUT2D eigenvalue weighted by molar-refractivity contribution is -0.150. The van der Waals surface area contributed by atoms with Crippen molar-refractivity contribution in [2.24, 2.45) is 0 Å². The number of ether oxygens (including phenoxy) is 5. The molecule has 2 rings (SSSR count). The Hall–Kier alpha value is -4.14. The number of fused-ring (bicyclic) bond motifs is 1. The molecule has 1 saturated carbocycles. The number of urea groups is 2. The largest absolute Gasteiger partial charge is 0.462 e. The molecule has 0 aromatic carbocycles. The highest BCUT2D eigenvalue weighted by molar-refractivity contribution is 5.87. The molecule has 15 heteroatoms. The van der Waals surface area contributed by atoms with Gasteiger partial charge in [-0.15, -0.1) is 0 Å². The van der Waals surface area contributed by atoms with Crippen LogP contribution in [0.5, 0.6) is 0 Å². The standard InChI is InChI=1S/C26H38N4O11/c1-15(2)23(33)39-11-9-37-21(31)5-7-27-25(35)29-17-13-19-20(41-19)14-18(17)30-26(36)28-8-6-22(32)38-10-12-40-24(34)16(3)4/h17-20H,1,3,5-14H2,2,4H3,(H2,27,29,35)(H2,28,30,36). The van der Waals surface area contributed by atoms with Crippen LogP contribution in [0.2, 0.25) is 0 Å². The molecular formula is C26H38N4O11. The van der Waals surface area contributed by atoms with E-state index >= 15 is 0 Å². The monoisotopic (exact) mass is 582 g/mol. The highest BCUT2D eigenvalue weighted by Gasteiger charge is 2.49. The predicted molar refractivity (Wildman–Crippen MR) is 141 cm³/mol. The third-order valence-corrected chi connectivity index (χ3v) is 5.86. The first-order valence-corrected chi connectivity index (χ1v) is 13.2. The van der Waals surface area contributed by atoms with Gasteiger partial charge in [0.05, 0.1) is 37.1 Å². The van der Waals surface area contributed by atoms with Crippen LogP contribution >= 0.6 is 0 Å². The van der Waals surface area contributed by atoms with Crippen LogP contribution in [0, 0.1) is 0 Å². The van der Waals surface area contributed by atoms with Crippen molar-refractivity contribution < 1.29 is 52.5 Å². The van der Waals surface area contributed by atoms with Crippen molar-refractivity contribution in [1.82, 2.24) is 21.3 Å². The molecule has 41 heavy (non-hydrogen) atoms. The van der Waals surface area contributed by atoms with Gasteiger partial charge in [-0.1, -0.05) is 13.2 Å². The number of hydrogen-bond acceptors (Lipinski definition) is 11. The number of nitrogens with one attached hydrogen (secondary N) is 4. The second-order valence-corrected chi connectivity index (χ2v) is 9.47. The van der Waals surface area contributed by atoms with Crippen LogP contribution in [0.3, 0.4) is 0 Å². The Morgan fingerprint density at radius 2 is 1.02 bits per heavy atom. The van der Waals surface area contributed by atoms with Crippen molar-refractivity contribution in [2.45, 2.75) is 63.8 Å². The average molecular weight is 583 g/mol. The number of amides is 4. The van der Waals surface area contributed by atoms with Gasteiger partial charge in [0, 0.05) is 24.2 Å². The van der Waals surface area contributed by atoms with Gasteiger partial charge in [0.25, 0.3) is 0 Å². The fourth-order valence-electron chi connectivity index (χ4n) is 3.71. The summed E-state index contributed by atoms with van der Waals surface area (Å²) in [4.78, 5) is 70.8. The normalized spacial score (nSPS) is 20.2. The Labute approximate surface area is 237 Å². The van der Waals surface area contributed by atoms with Crippen LogP contribution < -0.4 is 21.3 Å². The minimum Gasteiger partial charge on any atom is -0.462 e. The number of esters is 4. The minimum absolute atomic E-state index is 0.000181. The fourth-order valence-corrected chi connectivity index (χ4v) is 3.71. The van der Waals surface area contributed by atoms with Crippen LogP contribution in [0.1, 0.15) is 39.5 Å². The van der Waals surface area contributed by atoms with Gasteiger partial charge < -0.3 is 45.0 Å². The van der Waals surface area contributed by atoms with Crippen molar-refractivity contribution >= 4 is 35.9 Å². The van der Waals surface area contributed by atoms with E-state index in [4.69, 9.17) is 23.7 Å². The molecule has 2 aliphatic rings. The summed E-state index contributed by atoms with van der Waals surface area (Å²) >= 11 is 0. The van der Waals surface area contributed by atoms with Crippen LogP contribution in [-0.4, -0.2) is 99.7 Å². The summed E-state index contributed by atoms with van der Waals surface area (Å²) in [6.45, 7) is 9.48. The molecule has 0 aromatic heterocycles. The van der Waals surface area contributed by atoms with Crippen molar-refractivity contribution in [1.29, 1.82) is 0 Å². The topological polar surface area (TPSA) is 200 Å². The molecule has 2 fully saturated rings. The van der Waals surface area contributed by atoms with Gasteiger partial charge in [-0.05, 0) is 26.7 Å². The first-order chi connectivity index (χ1) is 19.5. The number of hydrogen-bond donors (Lipinski definition) is 4. The summed E-state index contributed by atoms with van der Waals surface area (Å²) in [5.41, 5.74) is 0.476. The zero-order chi connectivity index (χ0) is 30.4. The number of carbonyl (C=O) groups is 6. The molecule has 15 nitrogen and oxygen atoms in total. The molecule has 0 bridgehead atoms. The molecule has 4 unspecified atom stereocenters. The predicted octanol–water partition coefficient (Wildman–Crippen LogP) is -0.0116. The Bertz CT molecular complexity index is 937. The molecular weight excluding hydrogens is 544 g/mol.